The lowest BCUT2D eigenvalue weighted by molar-refractivity contribution is -0.145. The van der Waals surface area contributed by atoms with Crippen molar-refractivity contribution in [1.82, 2.24) is 5.32 Å². The van der Waals surface area contributed by atoms with E-state index in [0.29, 0.717) is 12.9 Å². The summed E-state index contributed by atoms with van der Waals surface area (Å²) in [5, 5.41) is 2.66. The maximum atomic E-state index is 11.4. The summed E-state index contributed by atoms with van der Waals surface area (Å²) in [6.07, 6.45) is 14.4. The van der Waals surface area contributed by atoms with Crippen LogP contribution in [0.3, 0.4) is 0 Å². The zero-order valence-corrected chi connectivity index (χ0v) is 14.1. The highest BCUT2D eigenvalue weighted by Crippen LogP contribution is 2.11. The van der Waals surface area contributed by atoms with Crippen LogP contribution in [-0.2, 0) is 19.1 Å². The van der Waals surface area contributed by atoms with Crippen LogP contribution in [0.5, 0.6) is 0 Å². The van der Waals surface area contributed by atoms with Crippen molar-refractivity contribution in [2.75, 3.05) is 13.5 Å². The Morgan fingerprint density at radius 3 is 1.95 bits per heavy atom. The number of ether oxygens (including phenoxy) is 2. The Hall–Kier alpha value is -1.10. The van der Waals surface area contributed by atoms with Gasteiger partial charge < -0.3 is 9.47 Å². The minimum Gasteiger partial charge on any atom is -0.452 e. The molecular formula is C17H33NO4. The quantitative estimate of drug-likeness (QED) is 0.191. The summed E-state index contributed by atoms with van der Waals surface area (Å²) >= 11 is 0. The summed E-state index contributed by atoms with van der Waals surface area (Å²) in [7, 11) is 0. The van der Waals surface area contributed by atoms with E-state index < -0.39 is 0 Å². The molecule has 0 aliphatic rings. The van der Waals surface area contributed by atoms with Crippen molar-refractivity contribution in [2.45, 2.75) is 84.0 Å². The molecule has 0 saturated carbocycles. The molecule has 0 aliphatic carbocycles. The van der Waals surface area contributed by atoms with Crippen LogP contribution in [-0.4, -0.2) is 25.9 Å². The van der Waals surface area contributed by atoms with E-state index in [1.54, 1.807) is 0 Å². The molecule has 22 heavy (non-hydrogen) atoms. The number of hydrogen-bond acceptors (Lipinski definition) is 5. The molecule has 0 saturated heterocycles. The minimum absolute atomic E-state index is 0.0647. The van der Waals surface area contributed by atoms with Crippen LogP contribution in [0.1, 0.15) is 84.0 Å². The van der Waals surface area contributed by atoms with E-state index in [1.165, 1.54) is 57.8 Å². The van der Waals surface area contributed by atoms with Crippen molar-refractivity contribution < 1.29 is 19.1 Å². The molecule has 0 fully saturated rings. The topological polar surface area (TPSA) is 64.6 Å². The van der Waals surface area contributed by atoms with E-state index in [4.69, 9.17) is 4.74 Å². The van der Waals surface area contributed by atoms with Gasteiger partial charge in [-0.25, -0.2) is 0 Å². The second-order valence-electron chi connectivity index (χ2n) is 5.60. The van der Waals surface area contributed by atoms with Crippen molar-refractivity contribution in [1.29, 1.82) is 0 Å². The van der Waals surface area contributed by atoms with Crippen molar-refractivity contribution in [3.05, 3.63) is 0 Å². The lowest BCUT2D eigenvalue weighted by Crippen LogP contribution is -2.23. The van der Waals surface area contributed by atoms with Crippen molar-refractivity contribution in [2.24, 2.45) is 0 Å². The van der Waals surface area contributed by atoms with Crippen LogP contribution in [0, 0.1) is 0 Å². The molecule has 0 aromatic carbocycles. The van der Waals surface area contributed by atoms with E-state index in [2.05, 4.69) is 17.0 Å². The van der Waals surface area contributed by atoms with Gasteiger partial charge in [0, 0.05) is 6.42 Å². The van der Waals surface area contributed by atoms with Crippen LogP contribution in [0.2, 0.25) is 0 Å². The average Bonchev–Trinajstić information content (AvgIpc) is 2.52. The molecule has 0 amide bonds. The summed E-state index contributed by atoms with van der Waals surface area (Å²) in [4.78, 5) is 21.2. The van der Waals surface area contributed by atoms with E-state index in [0.717, 1.165) is 12.8 Å². The second-order valence-corrected chi connectivity index (χ2v) is 5.60. The summed E-state index contributed by atoms with van der Waals surface area (Å²) in [6.45, 7) is 2.74. The first-order chi connectivity index (χ1) is 10.8. The molecule has 5 heteroatoms. The number of carbonyl (C=O) groups is 2. The predicted octanol–water partition coefficient (Wildman–Crippen LogP) is 3.91. The highest BCUT2D eigenvalue weighted by Gasteiger charge is 2.02. The molecular weight excluding hydrogens is 282 g/mol. The first kappa shape index (κ1) is 20.9. The first-order valence-electron chi connectivity index (χ1n) is 8.72. The zero-order chi connectivity index (χ0) is 16.3. The highest BCUT2D eigenvalue weighted by atomic mass is 16.6. The molecule has 0 atom stereocenters. The Kier molecular flexibility index (Phi) is 17.1. The number of rotatable bonds is 17. The van der Waals surface area contributed by atoms with Crippen molar-refractivity contribution >= 4 is 12.4 Å². The van der Waals surface area contributed by atoms with Crippen LogP contribution < -0.4 is 5.32 Å². The molecule has 0 bridgehead atoms. The summed E-state index contributed by atoms with van der Waals surface area (Å²) in [6, 6.07) is 0. The molecule has 130 valence electrons. The monoisotopic (exact) mass is 315 g/mol. The molecule has 0 aliphatic heterocycles. The SMILES string of the molecule is CCCCCCCCCCCCCC(=O)OCNCOC=O. The third-order valence-electron chi connectivity index (χ3n) is 3.57. The molecule has 1 N–H and O–H groups in total. The van der Waals surface area contributed by atoms with Crippen molar-refractivity contribution in [3.8, 4) is 0 Å². The van der Waals surface area contributed by atoms with Crippen LogP contribution in [0.4, 0.5) is 0 Å². The van der Waals surface area contributed by atoms with E-state index in [-0.39, 0.29) is 19.4 Å². The second kappa shape index (κ2) is 18.0. The summed E-state index contributed by atoms with van der Waals surface area (Å²) in [5.74, 6) is -0.200. The zero-order valence-electron chi connectivity index (χ0n) is 14.1. The van der Waals surface area contributed by atoms with Crippen molar-refractivity contribution in [3.63, 3.8) is 0 Å². The third-order valence-corrected chi connectivity index (χ3v) is 3.57. The van der Waals surface area contributed by atoms with Crippen LogP contribution in [0.25, 0.3) is 0 Å². The maximum Gasteiger partial charge on any atom is 0.307 e. The van der Waals surface area contributed by atoms with Gasteiger partial charge in [0.25, 0.3) is 6.47 Å². The number of hydrogen-bond donors (Lipinski definition) is 1. The van der Waals surface area contributed by atoms with Gasteiger partial charge in [-0.05, 0) is 6.42 Å². The number of unbranched alkanes of at least 4 members (excludes halogenated alkanes) is 10. The van der Waals surface area contributed by atoms with Gasteiger partial charge >= 0.3 is 5.97 Å². The third kappa shape index (κ3) is 17.0. The maximum absolute atomic E-state index is 11.4. The van der Waals surface area contributed by atoms with Gasteiger partial charge in [-0.3, -0.25) is 14.9 Å². The molecule has 0 rings (SSSR count). The summed E-state index contributed by atoms with van der Waals surface area (Å²) < 4.78 is 9.34. The Morgan fingerprint density at radius 2 is 1.41 bits per heavy atom. The lowest BCUT2D eigenvalue weighted by atomic mass is 10.1. The largest absolute Gasteiger partial charge is 0.452 e. The Labute approximate surface area is 135 Å². The van der Waals surface area contributed by atoms with Gasteiger partial charge in [0.2, 0.25) is 0 Å². The van der Waals surface area contributed by atoms with Gasteiger partial charge in [-0.1, -0.05) is 71.1 Å². The Morgan fingerprint density at radius 1 is 0.864 bits per heavy atom. The van der Waals surface area contributed by atoms with Gasteiger partial charge in [0.05, 0.1) is 0 Å². The molecule has 0 unspecified atom stereocenters. The smallest absolute Gasteiger partial charge is 0.307 e. The van der Waals surface area contributed by atoms with E-state index >= 15 is 0 Å². The normalized spacial score (nSPS) is 10.4. The van der Waals surface area contributed by atoms with E-state index in [1.807, 2.05) is 0 Å². The molecule has 0 heterocycles. The standard InChI is InChI=1S/C17H33NO4/c1-2-3-4-5-6-7-8-9-10-11-12-13-17(20)22-15-18-14-21-16-19/h16,18H,2-15H2,1H3. The highest BCUT2D eigenvalue weighted by molar-refractivity contribution is 5.69. The fraction of sp³-hybridized carbons (Fsp3) is 0.882. The average molecular weight is 315 g/mol. The minimum atomic E-state index is -0.200. The Bertz CT molecular complexity index is 259. The van der Waals surface area contributed by atoms with Gasteiger partial charge in [0.15, 0.2) is 0 Å². The molecule has 0 aromatic rings. The fourth-order valence-corrected chi connectivity index (χ4v) is 2.27. The fourth-order valence-electron chi connectivity index (χ4n) is 2.27. The lowest BCUT2D eigenvalue weighted by Gasteiger charge is -2.05. The number of esters is 1. The summed E-state index contributed by atoms with van der Waals surface area (Å²) in [5.41, 5.74) is 0. The van der Waals surface area contributed by atoms with E-state index in [9.17, 15) is 9.59 Å². The Balaban J connectivity index is 3.12. The van der Waals surface area contributed by atoms with Crippen LogP contribution >= 0.6 is 0 Å². The molecule has 0 aromatic heterocycles. The van der Waals surface area contributed by atoms with Crippen LogP contribution in [0.15, 0.2) is 0 Å². The van der Waals surface area contributed by atoms with Gasteiger partial charge in [-0.15, -0.1) is 0 Å². The van der Waals surface area contributed by atoms with Gasteiger partial charge in [0.1, 0.15) is 13.5 Å². The molecule has 0 spiro atoms. The predicted molar refractivity (Wildman–Crippen MR) is 87.2 cm³/mol. The number of carbonyl (C=O) groups excluding carboxylic acids is 2. The first-order valence-corrected chi connectivity index (χ1v) is 8.72. The number of nitrogens with one attached hydrogen (secondary N) is 1. The van der Waals surface area contributed by atoms with Gasteiger partial charge in [-0.2, -0.15) is 0 Å². The molecule has 5 nitrogen and oxygen atoms in total. The molecule has 0 radical (unpaired) electrons.